The van der Waals surface area contributed by atoms with E-state index >= 15 is 0 Å². The van der Waals surface area contributed by atoms with Gasteiger partial charge in [-0.2, -0.15) is 0 Å². The summed E-state index contributed by atoms with van der Waals surface area (Å²) < 4.78 is 1.83. The number of carbonyl (C=O) groups excluding carboxylic acids is 1. The van der Waals surface area contributed by atoms with Crippen molar-refractivity contribution in [1.82, 2.24) is 0 Å². The third kappa shape index (κ3) is 2.31. The molecule has 1 fully saturated rings. The summed E-state index contributed by atoms with van der Waals surface area (Å²) in [5.41, 5.74) is 0.857. The van der Waals surface area contributed by atoms with Crippen molar-refractivity contribution in [1.29, 1.82) is 0 Å². The van der Waals surface area contributed by atoms with Crippen molar-refractivity contribution in [3.05, 3.63) is 27.1 Å². The summed E-state index contributed by atoms with van der Waals surface area (Å²) in [6.45, 7) is 0.651. The summed E-state index contributed by atoms with van der Waals surface area (Å²) in [4.78, 5) is 13.5. The van der Waals surface area contributed by atoms with Gasteiger partial charge in [-0.05, 0) is 34.1 Å². The summed E-state index contributed by atoms with van der Waals surface area (Å²) in [6, 6.07) is 5.72. The predicted octanol–water partition coefficient (Wildman–Crippen LogP) is 2.56. The van der Waals surface area contributed by atoms with Crippen LogP contribution in [0, 0.1) is 5.92 Å². The standard InChI is InChI=1S/C11H11Br2NO2/c12-8-1-2-9(13)10(4-8)14-5-7(6-15)3-11(14)16/h1-2,4,7,15H,3,5-6H2. The molecule has 1 aliphatic rings. The molecule has 1 heterocycles. The molecule has 1 atom stereocenters. The number of hydrogen-bond acceptors (Lipinski definition) is 2. The third-order valence-corrected chi connectivity index (χ3v) is 3.83. The highest BCUT2D eigenvalue weighted by Gasteiger charge is 2.31. The van der Waals surface area contributed by atoms with E-state index in [4.69, 9.17) is 5.11 Å². The number of benzene rings is 1. The Morgan fingerprint density at radius 1 is 1.44 bits per heavy atom. The van der Waals surface area contributed by atoms with Gasteiger partial charge in [0, 0.05) is 34.4 Å². The molecule has 0 aromatic heterocycles. The summed E-state index contributed by atoms with van der Waals surface area (Å²) in [6.07, 6.45) is 0.426. The molecule has 1 saturated heterocycles. The van der Waals surface area contributed by atoms with Crippen LogP contribution in [0.3, 0.4) is 0 Å². The fraction of sp³-hybridized carbons (Fsp3) is 0.364. The van der Waals surface area contributed by atoms with Crippen LogP contribution in [0.5, 0.6) is 0 Å². The Morgan fingerprint density at radius 3 is 2.81 bits per heavy atom. The number of amides is 1. The normalized spacial score (nSPS) is 20.6. The molecule has 0 radical (unpaired) electrons. The SMILES string of the molecule is O=C1CC(CO)CN1c1cc(Br)ccc1Br. The number of nitrogens with zero attached hydrogens (tertiary/aromatic N) is 1. The summed E-state index contributed by atoms with van der Waals surface area (Å²) >= 11 is 6.82. The molecule has 1 unspecified atom stereocenters. The van der Waals surface area contributed by atoms with E-state index < -0.39 is 0 Å². The summed E-state index contributed by atoms with van der Waals surface area (Å²) in [5.74, 6) is 0.122. The fourth-order valence-electron chi connectivity index (χ4n) is 1.83. The molecule has 0 bridgehead atoms. The van der Waals surface area contributed by atoms with Gasteiger partial charge in [-0.15, -0.1) is 0 Å². The lowest BCUT2D eigenvalue weighted by Crippen LogP contribution is -2.25. The second kappa shape index (κ2) is 4.85. The van der Waals surface area contributed by atoms with Crippen molar-refractivity contribution in [2.75, 3.05) is 18.1 Å². The van der Waals surface area contributed by atoms with Crippen molar-refractivity contribution in [2.45, 2.75) is 6.42 Å². The quantitative estimate of drug-likeness (QED) is 0.892. The van der Waals surface area contributed by atoms with E-state index in [-0.39, 0.29) is 18.4 Å². The van der Waals surface area contributed by atoms with Gasteiger partial charge in [-0.25, -0.2) is 0 Å². The number of aliphatic hydroxyl groups excluding tert-OH is 1. The Hall–Kier alpha value is -0.390. The van der Waals surface area contributed by atoms with E-state index in [0.29, 0.717) is 13.0 Å². The Balaban J connectivity index is 2.30. The highest BCUT2D eigenvalue weighted by Crippen LogP contribution is 2.33. The first-order valence-electron chi connectivity index (χ1n) is 4.98. The molecule has 1 N–H and O–H groups in total. The Morgan fingerprint density at radius 2 is 2.19 bits per heavy atom. The Labute approximate surface area is 111 Å². The number of halogens is 2. The number of anilines is 1. The maximum atomic E-state index is 11.8. The van der Waals surface area contributed by atoms with Gasteiger partial charge in [0.2, 0.25) is 5.91 Å². The van der Waals surface area contributed by atoms with Gasteiger partial charge in [-0.3, -0.25) is 4.79 Å². The molecular formula is C11H11Br2NO2. The molecule has 1 aliphatic heterocycles. The Kier molecular flexibility index (Phi) is 3.66. The van der Waals surface area contributed by atoms with Crippen molar-refractivity contribution < 1.29 is 9.90 Å². The minimum atomic E-state index is 0.0541. The van der Waals surface area contributed by atoms with Gasteiger partial charge in [0.1, 0.15) is 0 Å². The topological polar surface area (TPSA) is 40.5 Å². The summed E-state index contributed by atoms with van der Waals surface area (Å²) in [5, 5.41) is 9.07. The molecule has 86 valence electrons. The van der Waals surface area contributed by atoms with Crippen LogP contribution in [0.4, 0.5) is 5.69 Å². The molecule has 5 heteroatoms. The molecular weight excluding hydrogens is 338 g/mol. The molecule has 1 amide bonds. The first-order chi connectivity index (χ1) is 7.61. The van der Waals surface area contributed by atoms with Crippen LogP contribution in [0.1, 0.15) is 6.42 Å². The zero-order valence-corrected chi connectivity index (χ0v) is 11.7. The van der Waals surface area contributed by atoms with E-state index in [1.165, 1.54) is 0 Å². The number of carbonyl (C=O) groups is 1. The average molecular weight is 349 g/mol. The van der Waals surface area contributed by atoms with E-state index in [1.807, 2.05) is 18.2 Å². The van der Waals surface area contributed by atoms with E-state index in [0.717, 1.165) is 14.6 Å². The van der Waals surface area contributed by atoms with Gasteiger partial charge in [-0.1, -0.05) is 15.9 Å². The lowest BCUT2D eigenvalue weighted by molar-refractivity contribution is -0.117. The molecule has 0 aliphatic carbocycles. The molecule has 16 heavy (non-hydrogen) atoms. The number of aliphatic hydroxyl groups is 1. The third-order valence-electron chi connectivity index (χ3n) is 2.66. The minimum Gasteiger partial charge on any atom is -0.396 e. The molecule has 3 nitrogen and oxygen atoms in total. The van der Waals surface area contributed by atoms with E-state index in [9.17, 15) is 4.79 Å². The fourth-order valence-corrected chi connectivity index (χ4v) is 2.64. The van der Waals surface area contributed by atoms with Gasteiger partial charge in [0.15, 0.2) is 0 Å². The highest BCUT2D eigenvalue weighted by molar-refractivity contribution is 9.11. The van der Waals surface area contributed by atoms with Crippen molar-refractivity contribution in [2.24, 2.45) is 5.92 Å². The largest absolute Gasteiger partial charge is 0.396 e. The number of rotatable bonds is 2. The minimum absolute atomic E-state index is 0.0541. The van der Waals surface area contributed by atoms with E-state index in [1.54, 1.807) is 4.90 Å². The van der Waals surface area contributed by atoms with E-state index in [2.05, 4.69) is 31.9 Å². The second-order valence-corrected chi connectivity index (χ2v) is 5.62. The molecule has 0 spiro atoms. The van der Waals surface area contributed by atoms with Crippen molar-refractivity contribution in [3.63, 3.8) is 0 Å². The van der Waals surface area contributed by atoms with Crippen LogP contribution in [-0.4, -0.2) is 24.2 Å². The van der Waals surface area contributed by atoms with Gasteiger partial charge < -0.3 is 10.0 Å². The van der Waals surface area contributed by atoms with Gasteiger partial charge in [0.05, 0.1) is 5.69 Å². The summed E-state index contributed by atoms with van der Waals surface area (Å²) in [7, 11) is 0. The second-order valence-electron chi connectivity index (χ2n) is 3.85. The molecule has 1 aromatic carbocycles. The molecule has 1 aromatic rings. The van der Waals surface area contributed by atoms with Gasteiger partial charge >= 0.3 is 0 Å². The Bertz CT molecular complexity index is 422. The van der Waals surface area contributed by atoms with Crippen LogP contribution in [0.2, 0.25) is 0 Å². The average Bonchev–Trinajstić information content (AvgIpc) is 2.63. The lowest BCUT2D eigenvalue weighted by atomic mass is 10.1. The van der Waals surface area contributed by atoms with Crippen LogP contribution < -0.4 is 4.90 Å². The first-order valence-corrected chi connectivity index (χ1v) is 6.56. The first kappa shape index (κ1) is 12.1. The number of hydrogen-bond donors (Lipinski definition) is 1. The maximum absolute atomic E-state index is 11.8. The predicted molar refractivity (Wildman–Crippen MR) is 69.4 cm³/mol. The monoisotopic (exact) mass is 347 g/mol. The maximum Gasteiger partial charge on any atom is 0.227 e. The van der Waals surface area contributed by atoms with Gasteiger partial charge in [0.25, 0.3) is 0 Å². The van der Waals surface area contributed by atoms with Crippen LogP contribution in [0.25, 0.3) is 0 Å². The molecule has 2 rings (SSSR count). The lowest BCUT2D eigenvalue weighted by Gasteiger charge is -2.18. The smallest absolute Gasteiger partial charge is 0.227 e. The highest BCUT2D eigenvalue weighted by atomic mass is 79.9. The van der Waals surface area contributed by atoms with Crippen LogP contribution >= 0.6 is 31.9 Å². The van der Waals surface area contributed by atoms with Crippen LogP contribution in [0.15, 0.2) is 27.1 Å². The van der Waals surface area contributed by atoms with Crippen LogP contribution in [-0.2, 0) is 4.79 Å². The zero-order chi connectivity index (χ0) is 11.7. The molecule has 0 saturated carbocycles. The zero-order valence-electron chi connectivity index (χ0n) is 8.49. The van der Waals surface area contributed by atoms with Crippen molar-refractivity contribution in [3.8, 4) is 0 Å². The van der Waals surface area contributed by atoms with Crippen molar-refractivity contribution >= 4 is 43.5 Å².